The van der Waals surface area contributed by atoms with Gasteiger partial charge in [-0.2, -0.15) is 0 Å². The van der Waals surface area contributed by atoms with Crippen LogP contribution in [0.3, 0.4) is 0 Å². The Kier molecular flexibility index (Phi) is 6.08. The van der Waals surface area contributed by atoms with Crippen LogP contribution >= 0.6 is 0 Å². The Morgan fingerprint density at radius 3 is 2.07 bits per heavy atom. The number of Topliss-reactive ketones (excluding diaryl/α,β-unsaturated/α-hetero) is 1. The van der Waals surface area contributed by atoms with Crippen molar-refractivity contribution < 1.29 is 19.0 Å². The fourth-order valence-electron chi connectivity index (χ4n) is 3.97. The zero-order valence-corrected chi connectivity index (χ0v) is 17.2. The number of methoxy groups -OCH3 is 3. The van der Waals surface area contributed by atoms with E-state index >= 15 is 0 Å². The van der Waals surface area contributed by atoms with Gasteiger partial charge in [-0.05, 0) is 54.2 Å². The first-order chi connectivity index (χ1) is 13.5. The molecule has 0 aromatic heterocycles. The van der Waals surface area contributed by atoms with Gasteiger partial charge in [-0.25, -0.2) is 0 Å². The summed E-state index contributed by atoms with van der Waals surface area (Å²) >= 11 is 0. The van der Waals surface area contributed by atoms with Gasteiger partial charge in [0.15, 0.2) is 11.5 Å². The van der Waals surface area contributed by atoms with Crippen LogP contribution in [-0.4, -0.2) is 27.1 Å². The molecule has 1 unspecified atom stereocenters. The monoisotopic (exact) mass is 380 g/mol. The number of hydrogen-bond acceptors (Lipinski definition) is 4. The lowest BCUT2D eigenvalue weighted by Crippen LogP contribution is -2.14. The Morgan fingerprint density at radius 2 is 1.61 bits per heavy atom. The molecule has 0 heterocycles. The average molecular weight is 380 g/mol. The number of ether oxygens (including phenoxy) is 3. The molecule has 2 aromatic rings. The van der Waals surface area contributed by atoms with E-state index in [1.54, 1.807) is 28.3 Å². The molecular formula is C24H28O4. The summed E-state index contributed by atoms with van der Waals surface area (Å²) in [5.41, 5.74) is 4.72. The predicted octanol–water partition coefficient (Wildman–Crippen LogP) is 5.05. The quantitative estimate of drug-likeness (QED) is 0.674. The van der Waals surface area contributed by atoms with E-state index in [4.69, 9.17) is 14.2 Å². The Morgan fingerprint density at radius 1 is 1.00 bits per heavy atom. The van der Waals surface area contributed by atoms with Crippen LogP contribution in [0.15, 0.2) is 42.5 Å². The van der Waals surface area contributed by atoms with Gasteiger partial charge in [0, 0.05) is 11.8 Å². The molecule has 2 atom stereocenters. The van der Waals surface area contributed by atoms with Crippen LogP contribution in [0.25, 0.3) is 5.57 Å². The van der Waals surface area contributed by atoms with Crippen molar-refractivity contribution in [3.8, 4) is 17.2 Å². The van der Waals surface area contributed by atoms with Crippen molar-refractivity contribution in [1.82, 2.24) is 0 Å². The van der Waals surface area contributed by atoms with Gasteiger partial charge in [0.2, 0.25) is 5.75 Å². The lowest BCUT2D eigenvalue weighted by molar-refractivity contribution is -0.119. The second-order valence-electron chi connectivity index (χ2n) is 7.15. The molecule has 3 rings (SSSR count). The standard InChI is InChI=1S/C24H28O4/c1-6-16-7-9-17(10-8-16)18-11-20(15(2)25)21(12-18)19-13-22(26-3)24(28-5)23(14-19)27-4/h7-11,13-14,20-21H,6,12H2,1-5H3/t20?,21-/m0/s1. The van der Waals surface area contributed by atoms with Gasteiger partial charge < -0.3 is 14.2 Å². The van der Waals surface area contributed by atoms with E-state index in [1.807, 2.05) is 12.1 Å². The molecule has 148 valence electrons. The Bertz CT molecular complexity index is 855. The third kappa shape index (κ3) is 3.77. The molecule has 0 N–H and O–H groups in total. The second-order valence-corrected chi connectivity index (χ2v) is 7.15. The van der Waals surface area contributed by atoms with Crippen molar-refractivity contribution >= 4 is 11.4 Å². The van der Waals surface area contributed by atoms with E-state index in [0.29, 0.717) is 17.2 Å². The molecule has 0 bridgehead atoms. The van der Waals surface area contributed by atoms with E-state index in [-0.39, 0.29) is 17.6 Å². The zero-order valence-electron chi connectivity index (χ0n) is 17.2. The summed E-state index contributed by atoms with van der Waals surface area (Å²) in [4.78, 5) is 12.4. The van der Waals surface area contributed by atoms with E-state index in [0.717, 1.165) is 18.4 Å². The SMILES string of the molecule is CCc1ccc(C2=CC(C(C)=O)[C@H](c3cc(OC)c(OC)c(OC)c3)C2)cc1. The van der Waals surface area contributed by atoms with Crippen LogP contribution in [0.2, 0.25) is 0 Å². The molecule has 4 nitrogen and oxygen atoms in total. The van der Waals surface area contributed by atoms with Gasteiger partial charge >= 0.3 is 0 Å². The second kappa shape index (κ2) is 8.51. The molecule has 2 aromatic carbocycles. The number of benzene rings is 2. The highest BCUT2D eigenvalue weighted by molar-refractivity contribution is 5.86. The molecule has 0 saturated heterocycles. The van der Waals surface area contributed by atoms with Gasteiger partial charge in [0.05, 0.1) is 21.3 Å². The lowest BCUT2D eigenvalue weighted by atomic mass is 9.85. The van der Waals surface area contributed by atoms with Crippen LogP contribution in [-0.2, 0) is 11.2 Å². The van der Waals surface area contributed by atoms with Gasteiger partial charge in [-0.1, -0.05) is 37.3 Å². The molecule has 28 heavy (non-hydrogen) atoms. The first-order valence-corrected chi connectivity index (χ1v) is 9.62. The molecular weight excluding hydrogens is 352 g/mol. The largest absolute Gasteiger partial charge is 0.493 e. The minimum atomic E-state index is -0.163. The average Bonchev–Trinajstić information content (AvgIpc) is 3.18. The summed E-state index contributed by atoms with van der Waals surface area (Å²) in [6, 6.07) is 12.5. The fraction of sp³-hybridized carbons (Fsp3) is 0.375. The highest BCUT2D eigenvalue weighted by Crippen LogP contribution is 2.47. The number of ketones is 1. The van der Waals surface area contributed by atoms with Crippen molar-refractivity contribution in [2.24, 2.45) is 5.92 Å². The molecule has 1 aliphatic carbocycles. The molecule has 1 aliphatic rings. The summed E-state index contributed by atoms with van der Waals surface area (Å²) in [6.07, 6.45) is 3.94. The number of carbonyl (C=O) groups is 1. The third-order valence-corrected chi connectivity index (χ3v) is 5.57. The summed E-state index contributed by atoms with van der Waals surface area (Å²) in [7, 11) is 4.81. The van der Waals surface area contributed by atoms with E-state index < -0.39 is 0 Å². The highest BCUT2D eigenvalue weighted by Gasteiger charge is 2.33. The first kappa shape index (κ1) is 20.0. The van der Waals surface area contributed by atoms with Crippen LogP contribution in [0.4, 0.5) is 0 Å². The van der Waals surface area contributed by atoms with Crippen molar-refractivity contribution in [3.63, 3.8) is 0 Å². The topological polar surface area (TPSA) is 44.8 Å². The maximum absolute atomic E-state index is 12.4. The Labute approximate surface area is 167 Å². The summed E-state index contributed by atoms with van der Waals surface area (Å²) in [5.74, 6) is 1.84. The van der Waals surface area contributed by atoms with Gasteiger partial charge in [-0.3, -0.25) is 4.79 Å². The molecule has 0 saturated carbocycles. The van der Waals surface area contributed by atoms with Crippen LogP contribution in [0.1, 0.15) is 42.9 Å². The third-order valence-electron chi connectivity index (χ3n) is 5.57. The van der Waals surface area contributed by atoms with Crippen molar-refractivity contribution in [3.05, 3.63) is 59.2 Å². The number of carbonyl (C=O) groups excluding carboxylic acids is 1. The lowest BCUT2D eigenvalue weighted by Gasteiger charge is -2.21. The maximum atomic E-state index is 12.4. The van der Waals surface area contributed by atoms with Crippen molar-refractivity contribution in [2.75, 3.05) is 21.3 Å². The molecule has 0 fully saturated rings. The van der Waals surface area contributed by atoms with E-state index in [9.17, 15) is 4.79 Å². The Hall–Kier alpha value is -2.75. The molecule has 0 spiro atoms. The molecule has 0 aliphatic heterocycles. The van der Waals surface area contributed by atoms with Crippen molar-refractivity contribution in [1.29, 1.82) is 0 Å². The smallest absolute Gasteiger partial charge is 0.203 e. The maximum Gasteiger partial charge on any atom is 0.203 e. The Balaban J connectivity index is 1.99. The highest BCUT2D eigenvalue weighted by atomic mass is 16.5. The number of rotatable bonds is 7. The minimum absolute atomic E-state index is 0.0482. The first-order valence-electron chi connectivity index (χ1n) is 9.62. The summed E-state index contributed by atoms with van der Waals surface area (Å²) in [5, 5.41) is 0. The molecule has 4 heteroatoms. The minimum Gasteiger partial charge on any atom is -0.493 e. The number of allylic oxidation sites excluding steroid dienone is 2. The fourth-order valence-corrected chi connectivity index (χ4v) is 3.97. The normalized spacial score (nSPS) is 18.5. The van der Waals surface area contributed by atoms with E-state index in [2.05, 4.69) is 37.3 Å². The predicted molar refractivity (Wildman–Crippen MR) is 111 cm³/mol. The van der Waals surface area contributed by atoms with Crippen LogP contribution in [0.5, 0.6) is 17.2 Å². The van der Waals surface area contributed by atoms with Gasteiger partial charge in [0.1, 0.15) is 5.78 Å². The van der Waals surface area contributed by atoms with Gasteiger partial charge in [0.25, 0.3) is 0 Å². The van der Waals surface area contributed by atoms with Crippen LogP contribution in [0, 0.1) is 5.92 Å². The number of hydrogen-bond donors (Lipinski definition) is 0. The molecule has 0 amide bonds. The molecule has 0 radical (unpaired) electrons. The summed E-state index contributed by atoms with van der Waals surface area (Å²) in [6.45, 7) is 3.81. The zero-order chi connectivity index (χ0) is 20.3. The number of aryl methyl sites for hydroxylation is 1. The summed E-state index contributed by atoms with van der Waals surface area (Å²) < 4.78 is 16.4. The van der Waals surface area contributed by atoms with Crippen LogP contribution < -0.4 is 14.2 Å². The van der Waals surface area contributed by atoms with Gasteiger partial charge in [-0.15, -0.1) is 0 Å². The van der Waals surface area contributed by atoms with Crippen molar-refractivity contribution in [2.45, 2.75) is 32.6 Å². The van der Waals surface area contributed by atoms with E-state index in [1.165, 1.54) is 16.7 Å².